The van der Waals surface area contributed by atoms with Crippen LogP contribution >= 0.6 is 24.0 Å². The Morgan fingerprint density at radius 3 is 2.33 bits per heavy atom. The Balaban J connectivity index is 1.24. The van der Waals surface area contributed by atoms with Crippen molar-refractivity contribution in [3.63, 3.8) is 0 Å². The Bertz CT molecular complexity index is 1380. The number of benzene rings is 2. The lowest BCUT2D eigenvalue weighted by atomic mass is 10.1. The van der Waals surface area contributed by atoms with Crippen molar-refractivity contribution in [3.05, 3.63) is 83.2 Å². The lowest BCUT2D eigenvalue weighted by molar-refractivity contribution is -0.149. The van der Waals surface area contributed by atoms with Gasteiger partial charge in [-0.2, -0.15) is 0 Å². The number of amides is 1. The van der Waals surface area contributed by atoms with E-state index >= 15 is 0 Å². The molecule has 2 atom stereocenters. The average Bonchev–Trinajstić information content (AvgIpc) is 3.37. The molecule has 1 unspecified atom stereocenters. The van der Waals surface area contributed by atoms with E-state index in [1.165, 1.54) is 54.5 Å². The molecule has 0 spiro atoms. The molecule has 1 fully saturated rings. The number of halogens is 1. The Morgan fingerprint density at radius 1 is 0.882 bits per heavy atom. The van der Waals surface area contributed by atoms with Gasteiger partial charge in [0.1, 0.15) is 16.2 Å². The van der Waals surface area contributed by atoms with Gasteiger partial charge < -0.3 is 9.47 Å². The first kappa shape index (κ1) is 42.4. The Hall–Kier alpha value is -3.04. The number of esters is 2. The fourth-order valence-electron chi connectivity index (χ4n) is 6.05. The van der Waals surface area contributed by atoms with E-state index < -0.39 is 0 Å². The molecule has 2 aromatic rings. The minimum absolute atomic E-state index is 0.00132. The number of thiocarbonyl (C=S) groups is 1. The number of allylic oxidation sites excluding steroid dienone is 1. The lowest BCUT2D eigenvalue weighted by Gasteiger charge is -2.16. The molecule has 0 radical (unpaired) electrons. The number of carbonyl (C=O) groups excluding carboxylic acids is 3. The second-order valence-electron chi connectivity index (χ2n) is 13.5. The highest BCUT2D eigenvalue weighted by molar-refractivity contribution is 8.24. The van der Waals surface area contributed by atoms with Gasteiger partial charge in [-0.1, -0.05) is 132 Å². The molecule has 6 nitrogen and oxygen atoms in total. The molecule has 0 N–H and O–H groups in total. The predicted octanol–water partition coefficient (Wildman–Crippen LogP) is 11.1. The number of unbranched alkanes of at least 4 members (excludes halogenated alkanes) is 11. The topological polar surface area (TPSA) is 72.9 Å². The van der Waals surface area contributed by atoms with E-state index in [2.05, 4.69) is 26.0 Å². The van der Waals surface area contributed by atoms with Crippen molar-refractivity contribution in [2.75, 3.05) is 6.61 Å². The first-order valence-electron chi connectivity index (χ1n) is 19.2. The third-order valence-corrected chi connectivity index (χ3v) is 10.7. The fourth-order valence-corrected chi connectivity index (χ4v) is 7.59. The minimum Gasteiger partial charge on any atom is -0.462 e. The maximum Gasteiger partial charge on any atom is 0.338 e. The van der Waals surface area contributed by atoms with Crippen LogP contribution < -0.4 is 0 Å². The van der Waals surface area contributed by atoms with Crippen LogP contribution in [0.2, 0.25) is 0 Å². The summed E-state index contributed by atoms with van der Waals surface area (Å²) in [4.78, 5) is 39.4. The molecule has 51 heavy (non-hydrogen) atoms. The van der Waals surface area contributed by atoms with Crippen LogP contribution in [0.15, 0.2) is 60.7 Å². The standard InChI is InChI=1S/C42H58FNO5S2/c1-3-5-7-16-22-37(49-39(45)24-15-6-4-2)23-17-13-11-9-8-10-12-14-18-29-48-41(47)35-27-25-33(26-28-35)31-38-40(46)44(42(50)51-38)32-34-20-19-21-36(43)30-34/h13,17,19-21,25-28,30,37-38H,3-12,14-16,18,22-24,29,31-32H2,1-2H3/b17-13-/t37-,38?/m1/s1. The summed E-state index contributed by atoms with van der Waals surface area (Å²) in [6.07, 6.45) is 22.6. The Kier molecular flexibility index (Phi) is 20.8. The van der Waals surface area contributed by atoms with Crippen LogP contribution in [0.5, 0.6) is 0 Å². The molecule has 1 heterocycles. The molecule has 9 heteroatoms. The second-order valence-corrected chi connectivity index (χ2v) is 15.3. The highest BCUT2D eigenvalue weighted by Gasteiger charge is 2.36. The third-order valence-electron chi connectivity index (χ3n) is 9.07. The van der Waals surface area contributed by atoms with Crippen LogP contribution in [0.1, 0.15) is 144 Å². The van der Waals surface area contributed by atoms with Crippen molar-refractivity contribution in [3.8, 4) is 0 Å². The van der Waals surface area contributed by atoms with E-state index in [4.69, 9.17) is 21.7 Å². The summed E-state index contributed by atoms with van der Waals surface area (Å²) in [5, 5.41) is -0.346. The van der Waals surface area contributed by atoms with Crippen LogP contribution in [-0.4, -0.2) is 45.0 Å². The van der Waals surface area contributed by atoms with Gasteiger partial charge in [0.25, 0.3) is 0 Å². The molecular weight excluding hydrogens is 682 g/mol. The van der Waals surface area contributed by atoms with E-state index in [-0.39, 0.29) is 41.6 Å². The molecule has 0 bridgehead atoms. The summed E-state index contributed by atoms with van der Waals surface area (Å²) in [6.45, 7) is 5.01. The maximum absolute atomic E-state index is 13.6. The van der Waals surface area contributed by atoms with E-state index in [1.807, 2.05) is 12.1 Å². The largest absolute Gasteiger partial charge is 0.462 e. The van der Waals surface area contributed by atoms with Crippen molar-refractivity contribution >= 4 is 46.1 Å². The van der Waals surface area contributed by atoms with Gasteiger partial charge in [0.15, 0.2) is 0 Å². The van der Waals surface area contributed by atoms with Gasteiger partial charge in [0, 0.05) is 12.8 Å². The van der Waals surface area contributed by atoms with E-state index in [1.54, 1.807) is 24.3 Å². The molecule has 280 valence electrons. The number of ether oxygens (including phenoxy) is 2. The number of thioether (sulfide) groups is 1. The summed E-state index contributed by atoms with van der Waals surface area (Å²) in [6, 6.07) is 13.4. The summed E-state index contributed by atoms with van der Waals surface area (Å²) in [5.74, 6) is -0.806. The molecular formula is C42H58FNO5S2. The molecule has 2 aromatic carbocycles. The monoisotopic (exact) mass is 739 g/mol. The molecule has 0 saturated carbocycles. The zero-order valence-electron chi connectivity index (χ0n) is 30.8. The van der Waals surface area contributed by atoms with Gasteiger partial charge in [0.05, 0.1) is 24.0 Å². The second kappa shape index (κ2) is 25.0. The number of rotatable bonds is 26. The molecule has 1 amide bonds. The van der Waals surface area contributed by atoms with Crippen molar-refractivity contribution in [1.29, 1.82) is 0 Å². The lowest BCUT2D eigenvalue weighted by Crippen LogP contribution is -2.31. The van der Waals surface area contributed by atoms with Crippen LogP contribution in [0, 0.1) is 5.82 Å². The third kappa shape index (κ3) is 16.9. The molecule has 0 aliphatic carbocycles. The van der Waals surface area contributed by atoms with E-state index in [9.17, 15) is 18.8 Å². The van der Waals surface area contributed by atoms with Gasteiger partial charge in [-0.15, -0.1) is 0 Å². The first-order chi connectivity index (χ1) is 24.8. The molecule has 1 saturated heterocycles. The zero-order valence-corrected chi connectivity index (χ0v) is 32.4. The number of hydrogen-bond donors (Lipinski definition) is 0. The molecule has 1 aliphatic heterocycles. The van der Waals surface area contributed by atoms with Gasteiger partial charge in [-0.25, -0.2) is 9.18 Å². The Labute approximate surface area is 315 Å². The van der Waals surface area contributed by atoms with Crippen molar-refractivity contribution in [2.24, 2.45) is 0 Å². The van der Waals surface area contributed by atoms with Crippen LogP contribution in [-0.2, 0) is 32.0 Å². The smallest absolute Gasteiger partial charge is 0.338 e. The minimum atomic E-state index is -0.346. The highest BCUT2D eigenvalue weighted by atomic mass is 32.2. The van der Waals surface area contributed by atoms with Crippen molar-refractivity contribution in [2.45, 2.75) is 147 Å². The quantitative estimate of drug-likeness (QED) is 0.0412. The zero-order chi connectivity index (χ0) is 36.7. The molecule has 1 aliphatic rings. The van der Waals surface area contributed by atoms with Crippen LogP contribution in [0.4, 0.5) is 4.39 Å². The first-order valence-corrected chi connectivity index (χ1v) is 20.5. The predicted molar refractivity (Wildman–Crippen MR) is 210 cm³/mol. The van der Waals surface area contributed by atoms with Crippen molar-refractivity contribution < 1.29 is 28.2 Å². The highest BCUT2D eigenvalue weighted by Crippen LogP contribution is 2.31. The van der Waals surface area contributed by atoms with Gasteiger partial charge in [0.2, 0.25) is 5.91 Å². The summed E-state index contributed by atoms with van der Waals surface area (Å²) in [7, 11) is 0. The number of hydrogen-bond acceptors (Lipinski definition) is 7. The summed E-state index contributed by atoms with van der Waals surface area (Å²) < 4.78 is 25.4. The summed E-state index contributed by atoms with van der Waals surface area (Å²) in [5.41, 5.74) is 2.12. The van der Waals surface area contributed by atoms with Crippen LogP contribution in [0.3, 0.4) is 0 Å². The average molecular weight is 740 g/mol. The number of carbonyl (C=O) groups is 3. The van der Waals surface area contributed by atoms with E-state index in [0.717, 1.165) is 82.6 Å². The van der Waals surface area contributed by atoms with E-state index in [0.29, 0.717) is 34.9 Å². The fraction of sp³-hybridized carbons (Fsp3) is 0.571. The van der Waals surface area contributed by atoms with Gasteiger partial charge >= 0.3 is 11.9 Å². The van der Waals surface area contributed by atoms with Gasteiger partial charge in [-0.05, 0) is 80.3 Å². The van der Waals surface area contributed by atoms with Crippen molar-refractivity contribution in [1.82, 2.24) is 4.90 Å². The summed E-state index contributed by atoms with van der Waals surface area (Å²) >= 11 is 6.79. The van der Waals surface area contributed by atoms with Gasteiger partial charge in [-0.3, -0.25) is 14.5 Å². The van der Waals surface area contributed by atoms with Crippen LogP contribution in [0.25, 0.3) is 0 Å². The Morgan fingerprint density at radius 2 is 1.59 bits per heavy atom. The number of nitrogens with zero attached hydrogens (tertiary/aromatic N) is 1. The maximum atomic E-state index is 13.6. The molecule has 0 aromatic heterocycles. The molecule has 3 rings (SSSR count). The normalized spacial score (nSPS) is 15.1. The SMILES string of the molecule is CCCCCC[C@H](C/C=C\CCCCCCCCOC(=O)c1ccc(CC2SC(=S)N(Cc3cccc(F)c3)C2=O)cc1)OC(=O)CCCCC.